The lowest BCUT2D eigenvalue weighted by atomic mass is 10.3. The Morgan fingerprint density at radius 1 is 1.00 bits per heavy atom. The molecule has 0 saturated heterocycles. The second-order valence-electron chi connectivity index (χ2n) is 6.58. The number of nitrogens with zero attached hydrogens (tertiary/aromatic N) is 1. The molecule has 0 saturated carbocycles. The summed E-state index contributed by atoms with van der Waals surface area (Å²) in [7, 11) is -2.35. The minimum absolute atomic E-state index is 0.778. The van der Waals surface area contributed by atoms with Gasteiger partial charge in [-0.05, 0) is 32.7 Å². The predicted octanol–water partition coefficient (Wildman–Crippen LogP) is 4.68. The normalized spacial score (nSPS) is 13.2. The van der Waals surface area contributed by atoms with Crippen LogP contribution in [0.15, 0.2) is 22.9 Å². The van der Waals surface area contributed by atoms with Crippen molar-refractivity contribution >= 4 is 32.1 Å². The third-order valence-corrected chi connectivity index (χ3v) is 12.6. The molecule has 0 atom stereocenters. The highest BCUT2D eigenvalue weighted by Gasteiger charge is 2.38. The maximum Gasteiger partial charge on any atom is 0.106 e. The minimum Gasteiger partial charge on any atom is -0.249 e. The van der Waals surface area contributed by atoms with Crippen molar-refractivity contribution in [3.8, 4) is 0 Å². The van der Waals surface area contributed by atoms with Gasteiger partial charge in [-0.2, -0.15) is 0 Å². The van der Waals surface area contributed by atoms with Crippen molar-refractivity contribution in [3.05, 3.63) is 28.5 Å². The third-order valence-electron chi connectivity index (χ3n) is 2.82. The highest BCUT2D eigenvalue weighted by atomic mass is 79.9. The summed E-state index contributed by atoms with van der Waals surface area (Å²) in [5, 5.41) is 0.778. The van der Waals surface area contributed by atoms with Crippen molar-refractivity contribution in [2.75, 3.05) is 0 Å². The molecular formula is C12H22BrNSi2. The molecule has 0 fully saturated rings. The standard InChI is InChI=1S/C12H22BrNSi2/c1-15(2,3)12(16(4,5)6)10-7-8-11(13)14-9-10/h7-9,12H,1-6H3. The first-order valence-electron chi connectivity index (χ1n) is 5.74. The van der Waals surface area contributed by atoms with Crippen LogP contribution < -0.4 is 0 Å². The first-order valence-corrected chi connectivity index (χ1v) is 13.7. The van der Waals surface area contributed by atoms with E-state index in [9.17, 15) is 0 Å². The minimum atomic E-state index is -1.17. The highest BCUT2D eigenvalue weighted by molar-refractivity contribution is 9.10. The molecule has 0 aromatic carbocycles. The molecule has 0 aliphatic carbocycles. The Hall–Kier alpha value is 0.0638. The van der Waals surface area contributed by atoms with Crippen LogP contribution >= 0.6 is 15.9 Å². The van der Waals surface area contributed by atoms with Crippen molar-refractivity contribution in [1.82, 2.24) is 4.98 Å². The molecule has 1 aromatic rings. The Kier molecular flexibility index (Phi) is 4.19. The average Bonchev–Trinajstić information content (AvgIpc) is 2.03. The van der Waals surface area contributed by atoms with Crippen LogP contribution in [-0.2, 0) is 0 Å². The third kappa shape index (κ3) is 3.53. The molecule has 1 aromatic heterocycles. The zero-order valence-corrected chi connectivity index (χ0v) is 14.7. The molecule has 0 radical (unpaired) electrons. The monoisotopic (exact) mass is 315 g/mol. The van der Waals surface area contributed by atoms with E-state index >= 15 is 0 Å². The van der Waals surface area contributed by atoms with Crippen molar-refractivity contribution in [2.24, 2.45) is 0 Å². The van der Waals surface area contributed by atoms with Crippen LogP contribution in [0.2, 0.25) is 39.3 Å². The van der Waals surface area contributed by atoms with Crippen LogP contribution in [-0.4, -0.2) is 21.1 Å². The maximum absolute atomic E-state index is 4.39. The summed E-state index contributed by atoms with van der Waals surface area (Å²) >= 11 is 3.41. The summed E-state index contributed by atoms with van der Waals surface area (Å²) < 4.78 is 0.932. The van der Waals surface area contributed by atoms with Crippen molar-refractivity contribution in [1.29, 1.82) is 0 Å². The van der Waals surface area contributed by atoms with E-state index in [0.717, 1.165) is 9.77 Å². The van der Waals surface area contributed by atoms with E-state index in [0.29, 0.717) is 0 Å². The van der Waals surface area contributed by atoms with Gasteiger partial charge < -0.3 is 0 Å². The molecule has 0 amide bonds. The Balaban J connectivity index is 3.18. The average molecular weight is 316 g/mol. The van der Waals surface area contributed by atoms with Gasteiger partial charge in [-0.3, -0.25) is 0 Å². The van der Waals surface area contributed by atoms with Crippen LogP contribution in [0.4, 0.5) is 0 Å². The van der Waals surface area contributed by atoms with E-state index in [-0.39, 0.29) is 0 Å². The van der Waals surface area contributed by atoms with E-state index in [2.05, 4.69) is 78.5 Å². The number of halogens is 1. The lowest BCUT2D eigenvalue weighted by molar-refractivity contribution is 1.12. The molecule has 90 valence electrons. The summed E-state index contributed by atoms with van der Waals surface area (Å²) in [5.41, 5.74) is 1.45. The SMILES string of the molecule is C[Si](C)(C)C(c1ccc(Br)nc1)[Si](C)(C)C. The number of hydrogen-bond acceptors (Lipinski definition) is 1. The van der Waals surface area contributed by atoms with E-state index in [1.54, 1.807) is 0 Å². The van der Waals surface area contributed by atoms with E-state index < -0.39 is 16.1 Å². The van der Waals surface area contributed by atoms with E-state index in [4.69, 9.17) is 0 Å². The quantitative estimate of drug-likeness (QED) is 0.583. The fraction of sp³-hybridized carbons (Fsp3) is 0.583. The topological polar surface area (TPSA) is 12.9 Å². The summed E-state index contributed by atoms with van der Waals surface area (Å²) in [4.78, 5) is 4.39. The number of hydrogen-bond donors (Lipinski definition) is 0. The number of rotatable bonds is 3. The first kappa shape index (κ1) is 14.1. The van der Waals surface area contributed by atoms with Gasteiger partial charge in [0.05, 0.1) is 0 Å². The van der Waals surface area contributed by atoms with E-state index in [1.165, 1.54) is 5.56 Å². The maximum atomic E-state index is 4.39. The molecule has 0 unspecified atom stereocenters. The van der Waals surface area contributed by atoms with Crippen molar-refractivity contribution < 1.29 is 0 Å². The zero-order chi connectivity index (χ0) is 12.6. The Morgan fingerprint density at radius 3 is 1.81 bits per heavy atom. The van der Waals surface area contributed by atoms with Crippen molar-refractivity contribution in [3.63, 3.8) is 0 Å². The van der Waals surface area contributed by atoms with Gasteiger partial charge in [0, 0.05) is 22.3 Å². The molecule has 0 aliphatic rings. The molecule has 4 heteroatoms. The molecule has 0 bridgehead atoms. The predicted molar refractivity (Wildman–Crippen MR) is 81.4 cm³/mol. The summed E-state index contributed by atoms with van der Waals surface area (Å²) in [6, 6.07) is 4.32. The second kappa shape index (κ2) is 4.74. The summed E-state index contributed by atoms with van der Waals surface area (Å²) in [6.45, 7) is 14.8. The highest BCUT2D eigenvalue weighted by Crippen LogP contribution is 2.35. The Bertz CT molecular complexity index is 335. The van der Waals surface area contributed by atoms with Gasteiger partial charge in [0.2, 0.25) is 0 Å². The summed E-state index contributed by atoms with van der Waals surface area (Å²) in [6.07, 6.45) is 2.06. The van der Waals surface area contributed by atoms with Crippen LogP contribution in [0.3, 0.4) is 0 Å². The van der Waals surface area contributed by atoms with Gasteiger partial charge >= 0.3 is 0 Å². The van der Waals surface area contributed by atoms with Crippen LogP contribution in [0.25, 0.3) is 0 Å². The molecule has 16 heavy (non-hydrogen) atoms. The summed E-state index contributed by atoms with van der Waals surface area (Å²) in [5.74, 6) is 0. The lowest BCUT2D eigenvalue weighted by Crippen LogP contribution is -2.46. The molecule has 1 nitrogen and oxygen atoms in total. The zero-order valence-electron chi connectivity index (χ0n) is 11.1. The number of aromatic nitrogens is 1. The molecule has 1 heterocycles. The van der Waals surface area contributed by atoms with Gasteiger partial charge in [0.25, 0.3) is 0 Å². The van der Waals surface area contributed by atoms with Gasteiger partial charge in [0.15, 0.2) is 0 Å². The molecule has 0 aliphatic heterocycles. The number of pyridine rings is 1. The Morgan fingerprint density at radius 2 is 1.50 bits per heavy atom. The molecule has 0 spiro atoms. The van der Waals surface area contributed by atoms with Gasteiger partial charge in [-0.25, -0.2) is 4.98 Å². The molecule has 0 N–H and O–H groups in total. The fourth-order valence-electron chi connectivity index (χ4n) is 2.86. The fourth-order valence-corrected chi connectivity index (χ4v) is 15.8. The largest absolute Gasteiger partial charge is 0.249 e. The van der Waals surface area contributed by atoms with Gasteiger partial charge in [-0.1, -0.05) is 45.3 Å². The van der Waals surface area contributed by atoms with Crippen LogP contribution in [0, 0.1) is 0 Å². The van der Waals surface area contributed by atoms with Crippen LogP contribution in [0.5, 0.6) is 0 Å². The molecule has 1 rings (SSSR count). The van der Waals surface area contributed by atoms with Crippen LogP contribution in [0.1, 0.15) is 10.7 Å². The van der Waals surface area contributed by atoms with Crippen molar-refractivity contribution in [2.45, 2.75) is 44.4 Å². The van der Waals surface area contributed by atoms with E-state index in [1.807, 2.05) is 0 Å². The smallest absolute Gasteiger partial charge is 0.106 e. The second-order valence-corrected chi connectivity index (χ2v) is 18.6. The Labute approximate surface area is 110 Å². The van der Waals surface area contributed by atoms with Gasteiger partial charge in [-0.15, -0.1) is 0 Å². The first-order chi connectivity index (χ1) is 7.12. The van der Waals surface area contributed by atoms with Gasteiger partial charge in [0.1, 0.15) is 4.60 Å². The molecular weight excluding hydrogens is 294 g/mol. The lowest BCUT2D eigenvalue weighted by Gasteiger charge is -2.38.